The fraction of sp³-hybridized carbons (Fsp3) is 0.333. The van der Waals surface area contributed by atoms with Gasteiger partial charge in [-0.25, -0.2) is 4.79 Å². The molecule has 23 heavy (non-hydrogen) atoms. The van der Waals surface area contributed by atoms with Gasteiger partial charge in [0.2, 0.25) is 0 Å². The predicted octanol–water partition coefficient (Wildman–Crippen LogP) is 3.55. The Morgan fingerprint density at radius 1 is 1.17 bits per heavy atom. The highest BCUT2D eigenvalue weighted by Crippen LogP contribution is 2.24. The molecule has 1 N–H and O–H groups in total. The monoisotopic (exact) mass is 331 g/mol. The number of hydrogen-bond acceptors (Lipinski definition) is 4. The van der Waals surface area contributed by atoms with Gasteiger partial charge in [0.15, 0.2) is 0 Å². The molecule has 1 heterocycles. The topological polar surface area (TPSA) is 55.4 Å². The van der Waals surface area contributed by atoms with Gasteiger partial charge in [-0.2, -0.15) is 0 Å². The molecule has 0 aliphatic heterocycles. The average molecular weight is 331 g/mol. The lowest BCUT2D eigenvalue weighted by atomic mass is 9.84. The number of ether oxygens (including phenoxy) is 1. The number of rotatable bonds is 5. The summed E-state index contributed by atoms with van der Waals surface area (Å²) in [5.41, 5.74) is 2.20. The molecule has 0 spiro atoms. The van der Waals surface area contributed by atoms with Gasteiger partial charge in [0, 0.05) is 12.0 Å². The van der Waals surface area contributed by atoms with Gasteiger partial charge in [-0.05, 0) is 24.6 Å². The molecule has 0 fully saturated rings. The Labute approximate surface area is 140 Å². The predicted molar refractivity (Wildman–Crippen MR) is 92.2 cm³/mol. The van der Waals surface area contributed by atoms with Crippen molar-refractivity contribution in [2.24, 2.45) is 0 Å². The van der Waals surface area contributed by atoms with Crippen molar-refractivity contribution in [2.75, 3.05) is 13.7 Å². The first-order chi connectivity index (χ1) is 10.8. The van der Waals surface area contributed by atoms with Gasteiger partial charge in [-0.3, -0.25) is 4.79 Å². The first-order valence-electron chi connectivity index (χ1n) is 7.37. The highest BCUT2D eigenvalue weighted by Gasteiger charge is 2.22. The highest BCUT2D eigenvalue weighted by atomic mass is 32.1. The third-order valence-corrected chi connectivity index (χ3v) is 4.77. The molecule has 2 rings (SSSR count). The SMILES string of the molecule is COC(=O)c1ccc(C(=O)NCC(C)(C)c2cccc(C)c2)s1. The van der Waals surface area contributed by atoms with Crippen molar-refractivity contribution < 1.29 is 14.3 Å². The molecule has 0 atom stereocenters. The van der Waals surface area contributed by atoms with Crippen molar-refractivity contribution in [1.82, 2.24) is 5.32 Å². The molecule has 4 nitrogen and oxygen atoms in total. The molecular weight excluding hydrogens is 310 g/mol. The first-order valence-corrected chi connectivity index (χ1v) is 8.18. The maximum absolute atomic E-state index is 12.3. The normalized spacial score (nSPS) is 11.1. The molecule has 5 heteroatoms. The van der Waals surface area contributed by atoms with Crippen LogP contribution in [0.5, 0.6) is 0 Å². The van der Waals surface area contributed by atoms with Crippen molar-refractivity contribution in [3.05, 3.63) is 57.3 Å². The lowest BCUT2D eigenvalue weighted by molar-refractivity contribution is 0.0606. The molecule has 2 aromatic rings. The van der Waals surface area contributed by atoms with Crippen LogP contribution in [-0.4, -0.2) is 25.5 Å². The summed E-state index contributed by atoms with van der Waals surface area (Å²) in [6.45, 7) is 6.76. The number of thiophene rings is 1. The Morgan fingerprint density at radius 2 is 1.87 bits per heavy atom. The molecule has 0 saturated carbocycles. The van der Waals surface area contributed by atoms with E-state index >= 15 is 0 Å². The van der Waals surface area contributed by atoms with Crippen LogP contribution >= 0.6 is 11.3 Å². The fourth-order valence-electron chi connectivity index (χ4n) is 2.23. The summed E-state index contributed by atoms with van der Waals surface area (Å²) < 4.78 is 4.65. The Morgan fingerprint density at radius 3 is 2.52 bits per heavy atom. The van der Waals surface area contributed by atoms with E-state index in [4.69, 9.17) is 0 Å². The van der Waals surface area contributed by atoms with E-state index in [1.54, 1.807) is 12.1 Å². The quantitative estimate of drug-likeness (QED) is 0.853. The maximum Gasteiger partial charge on any atom is 0.348 e. The smallest absolute Gasteiger partial charge is 0.348 e. The summed E-state index contributed by atoms with van der Waals surface area (Å²) in [4.78, 5) is 24.6. The third-order valence-electron chi connectivity index (χ3n) is 3.71. The summed E-state index contributed by atoms with van der Waals surface area (Å²) in [6, 6.07) is 11.5. The number of amides is 1. The van der Waals surface area contributed by atoms with Gasteiger partial charge < -0.3 is 10.1 Å². The van der Waals surface area contributed by atoms with Crippen LogP contribution in [0.4, 0.5) is 0 Å². The average Bonchev–Trinajstić information content (AvgIpc) is 3.02. The van der Waals surface area contributed by atoms with Gasteiger partial charge in [0.25, 0.3) is 5.91 Å². The van der Waals surface area contributed by atoms with Gasteiger partial charge in [0.1, 0.15) is 4.88 Å². The van der Waals surface area contributed by atoms with Crippen molar-refractivity contribution in [2.45, 2.75) is 26.2 Å². The molecule has 0 aliphatic carbocycles. The van der Waals surface area contributed by atoms with E-state index in [9.17, 15) is 9.59 Å². The molecule has 0 aliphatic rings. The van der Waals surface area contributed by atoms with Gasteiger partial charge in [0.05, 0.1) is 12.0 Å². The summed E-state index contributed by atoms with van der Waals surface area (Å²) in [5.74, 6) is -0.597. The van der Waals surface area contributed by atoms with Crippen LogP contribution in [0.15, 0.2) is 36.4 Å². The summed E-state index contributed by atoms with van der Waals surface area (Å²) >= 11 is 1.14. The van der Waals surface area contributed by atoms with E-state index in [1.807, 2.05) is 6.07 Å². The van der Waals surface area contributed by atoms with E-state index in [0.29, 0.717) is 16.3 Å². The van der Waals surface area contributed by atoms with Crippen LogP contribution in [0.2, 0.25) is 0 Å². The molecule has 1 amide bonds. The highest BCUT2D eigenvalue weighted by molar-refractivity contribution is 7.15. The minimum atomic E-state index is -0.422. The van der Waals surface area contributed by atoms with Gasteiger partial charge in [-0.15, -0.1) is 11.3 Å². The molecule has 122 valence electrons. The summed E-state index contributed by atoms with van der Waals surface area (Å²) in [5, 5.41) is 2.95. The van der Waals surface area contributed by atoms with Crippen LogP contribution in [0.25, 0.3) is 0 Å². The van der Waals surface area contributed by atoms with E-state index in [2.05, 4.69) is 49.0 Å². The molecule has 0 radical (unpaired) electrons. The summed E-state index contributed by atoms with van der Waals surface area (Å²) in [7, 11) is 1.33. The van der Waals surface area contributed by atoms with Crippen LogP contribution in [0.1, 0.15) is 44.3 Å². The molecule has 0 unspecified atom stereocenters. The standard InChI is InChI=1S/C18H21NO3S/c1-12-6-5-7-13(10-12)18(2,3)11-19-16(20)14-8-9-15(23-14)17(21)22-4/h5-10H,11H2,1-4H3,(H,19,20). The minimum absolute atomic E-state index is 0.175. The van der Waals surface area contributed by atoms with Crippen molar-refractivity contribution in [3.63, 3.8) is 0 Å². The Hall–Kier alpha value is -2.14. The zero-order valence-corrected chi connectivity index (χ0v) is 14.6. The number of carbonyl (C=O) groups is 2. The number of nitrogens with one attached hydrogen (secondary N) is 1. The first kappa shape index (κ1) is 17.2. The zero-order valence-electron chi connectivity index (χ0n) is 13.8. The van der Waals surface area contributed by atoms with Gasteiger partial charge in [-0.1, -0.05) is 43.7 Å². The lowest BCUT2D eigenvalue weighted by Gasteiger charge is -2.26. The summed E-state index contributed by atoms with van der Waals surface area (Å²) in [6.07, 6.45) is 0. The van der Waals surface area contributed by atoms with Crippen LogP contribution in [-0.2, 0) is 10.2 Å². The number of hydrogen-bond donors (Lipinski definition) is 1. The minimum Gasteiger partial charge on any atom is -0.465 e. The van der Waals surface area contributed by atoms with Crippen molar-refractivity contribution in [3.8, 4) is 0 Å². The zero-order chi connectivity index (χ0) is 17.0. The van der Waals surface area contributed by atoms with E-state index in [0.717, 1.165) is 11.3 Å². The van der Waals surface area contributed by atoms with Crippen LogP contribution < -0.4 is 5.32 Å². The molecule has 0 saturated heterocycles. The number of benzene rings is 1. The Bertz CT molecular complexity index is 719. The number of carbonyl (C=O) groups excluding carboxylic acids is 2. The molecule has 1 aromatic heterocycles. The molecular formula is C18H21NO3S. The van der Waals surface area contributed by atoms with Crippen molar-refractivity contribution in [1.29, 1.82) is 0 Å². The lowest BCUT2D eigenvalue weighted by Crippen LogP contribution is -2.36. The number of esters is 1. The Kier molecular flexibility index (Phi) is 5.21. The Balaban J connectivity index is 2.03. The van der Waals surface area contributed by atoms with E-state index in [1.165, 1.54) is 18.2 Å². The largest absolute Gasteiger partial charge is 0.465 e. The van der Waals surface area contributed by atoms with Crippen LogP contribution in [0.3, 0.4) is 0 Å². The second-order valence-electron chi connectivity index (χ2n) is 6.09. The fourth-order valence-corrected chi connectivity index (χ4v) is 3.07. The van der Waals surface area contributed by atoms with E-state index < -0.39 is 5.97 Å². The van der Waals surface area contributed by atoms with Crippen LogP contribution in [0, 0.1) is 6.92 Å². The number of methoxy groups -OCH3 is 1. The third kappa shape index (κ3) is 4.20. The molecule has 0 bridgehead atoms. The second kappa shape index (κ2) is 6.96. The maximum atomic E-state index is 12.3. The second-order valence-corrected chi connectivity index (χ2v) is 7.18. The molecule has 1 aromatic carbocycles. The van der Waals surface area contributed by atoms with E-state index in [-0.39, 0.29) is 11.3 Å². The number of aryl methyl sites for hydroxylation is 1. The van der Waals surface area contributed by atoms with Gasteiger partial charge >= 0.3 is 5.97 Å². The van der Waals surface area contributed by atoms with Crippen molar-refractivity contribution >= 4 is 23.2 Å².